The lowest BCUT2D eigenvalue weighted by atomic mass is 9.85. The molecule has 0 saturated heterocycles. The maximum Gasteiger partial charge on any atom is 0.472 e. The molecular formula is C43H75O13P. The van der Waals surface area contributed by atoms with E-state index in [9.17, 15) is 44.6 Å². The molecule has 1 saturated carbocycles. The fraction of sp³-hybridized carbons (Fsp3) is 0.767. The highest BCUT2D eigenvalue weighted by molar-refractivity contribution is 7.47. The molecule has 0 aromatic carbocycles. The van der Waals surface area contributed by atoms with Crippen LogP contribution in [-0.4, -0.2) is 98.3 Å². The van der Waals surface area contributed by atoms with Gasteiger partial charge in [0.1, 0.15) is 43.2 Å². The van der Waals surface area contributed by atoms with E-state index in [0.717, 1.165) is 51.4 Å². The van der Waals surface area contributed by atoms with Crippen LogP contribution in [0.2, 0.25) is 0 Å². The Bertz CT molecular complexity index is 1190. The van der Waals surface area contributed by atoms with E-state index >= 15 is 0 Å². The minimum absolute atomic E-state index is 0.0857. The topological polar surface area (TPSA) is 210 Å². The van der Waals surface area contributed by atoms with Crippen molar-refractivity contribution in [3.63, 3.8) is 0 Å². The van der Waals surface area contributed by atoms with Gasteiger partial charge in [0.05, 0.1) is 6.61 Å². The first-order valence-corrected chi connectivity index (χ1v) is 22.9. The van der Waals surface area contributed by atoms with Crippen molar-refractivity contribution in [1.29, 1.82) is 0 Å². The number of phosphoric ester groups is 1. The Morgan fingerprint density at radius 2 is 0.965 bits per heavy atom. The molecular weight excluding hydrogens is 755 g/mol. The maximum atomic E-state index is 12.8. The second-order valence-corrected chi connectivity index (χ2v) is 16.3. The van der Waals surface area contributed by atoms with E-state index in [0.29, 0.717) is 19.3 Å². The van der Waals surface area contributed by atoms with E-state index in [-0.39, 0.29) is 12.8 Å². The second kappa shape index (κ2) is 33.6. The number of aliphatic hydroxyl groups is 5. The van der Waals surface area contributed by atoms with Crippen molar-refractivity contribution in [2.75, 3.05) is 13.2 Å². The Hall–Kier alpha value is -2.19. The van der Waals surface area contributed by atoms with Gasteiger partial charge >= 0.3 is 19.8 Å². The summed E-state index contributed by atoms with van der Waals surface area (Å²) in [4.78, 5) is 35.5. The number of hydrogen-bond acceptors (Lipinski definition) is 12. The smallest absolute Gasteiger partial charge is 0.462 e. The Kier molecular flexibility index (Phi) is 31.2. The van der Waals surface area contributed by atoms with Crippen molar-refractivity contribution >= 4 is 19.8 Å². The summed E-state index contributed by atoms with van der Waals surface area (Å²) in [5.74, 6) is -1.17. The third-order valence-electron chi connectivity index (χ3n) is 9.67. The van der Waals surface area contributed by atoms with Gasteiger partial charge in [0.15, 0.2) is 6.10 Å². The molecule has 0 aliphatic heterocycles. The quantitative estimate of drug-likeness (QED) is 0.0160. The van der Waals surface area contributed by atoms with Crippen molar-refractivity contribution in [2.45, 2.75) is 198 Å². The Morgan fingerprint density at radius 1 is 0.544 bits per heavy atom. The Morgan fingerprint density at radius 3 is 1.49 bits per heavy atom. The molecule has 0 amide bonds. The van der Waals surface area contributed by atoms with Gasteiger partial charge in [-0.05, 0) is 51.4 Å². The Labute approximate surface area is 341 Å². The fourth-order valence-electron chi connectivity index (χ4n) is 6.16. The third kappa shape index (κ3) is 26.5. The summed E-state index contributed by atoms with van der Waals surface area (Å²) >= 11 is 0. The van der Waals surface area contributed by atoms with E-state index in [1.54, 1.807) is 0 Å². The molecule has 8 atom stereocenters. The molecule has 0 heterocycles. The SMILES string of the molecule is CCCCC/C=C/C/C=C/C/C=C/C/C=C/CCCC(=O)OC[C@@H](COP(=O)(O)OC1C(O)C(O)C(O)[C@H](O)C1O)OC(=O)CCCCCCCCCCCCC. The van der Waals surface area contributed by atoms with E-state index in [4.69, 9.17) is 18.5 Å². The summed E-state index contributed by atoms with van der Waals surface area (Å²) in [6.45, 7) is 3.19. The van der Waals surface area contributed by atoms with Gasteiger partial charge in [0.2, 0.25) is 0 Å². The zero-order chi connectivity index (χ0) is 42.2. The summed E-state index contributed by atoms with van der Waals surface area (Å²) in [6.07, 6.45) is 24.7. The molecule has 57 heavy (non-hydrogen) atoms. The van der Waals surface area contributed by atoms with Gasteiger partial charge in [-0.3, -0.25) is 18.6 Å². The number of unbranched alkanes of at least 4 members (excludes halogenated alkanes) is 14. The Balaban J connectivity index is 2.53. The largest absolute Gasteiger partial charge is 0.472 e. The predicted molar refractivity (Wildman–Crippen MR) is 221 cm³/mol. The zero-order valence-corrected chi connectivity index (χ0v) is 35.5. The molecule has 0 aromatic heterocycles. The van der Waals surface area contributed by atoms with E-state index in [1.807, 2.05) is 12.2 Å². The van der Waals surface area contributed by atoms with Crippen molar-refractivity contribution in [3.05, 3.63) is 48.6 Å². The van der Waals surface area contributed by atoms with Gasteiger partial charge in [-0.15, -0.1) is 0 Å². The molecule has 0 aromatic rings. The molecule has 0 radical (unpaired) electrons. The number of rotatable bonds is 34. The van der Waals surface area contributed by atoms with Crippen LogP contribution in [0, 0.1) is 0 Å². The highest BCUT2D eigenvalue weighted by Crippen LogP contribution is 2.47. The molecule has 330 valence electrons. The molecule has 0 bridgehead atoms. The van der Waals surface area contributed by atoms with Gasteiger partial charge in [-0.25, -0.2) is 4.57 Å². The first-order chi connectivity index (χ1) is 27.4. The predicted octanol–water partition coefficient (Wildman–Crippen LogP) is 7.61. The number of ether oxygens (including phenoxy) is 2. The lowest BCUT2D eigenvalue weighted by molar-refractivity contribution is -0.220. The summed E-state index contributed by atoms with van der Waals surface area (Å²) in [5, 5.41) is 50.0. The second-order valence-electron chi connectivity index (χ2n) is 14.8. The minimum Gasteiger partial charge on any atom is -0.462 e. The van der Waals surface area contributed by atoms with Crippen molar-refractivity contribution in [3.8, 4) is 0 Å². The number of aliphatic hydroxyl groups excluding tert-OH is 5. The molecule has 1 rings (SSSR count). The molecule has 1 aliphatic carbocycles. The molecule has 14 heteroatoms. The van der Waals surface area contributed by atoms with Crippen LogP contribution < -0.4 is 0 Å². The van der Waals surface area contributed by atoms with Crippen LogP contribution in [0.4, 0.5) is 0 Å². The minimum atomic E-state index is -5.12. The van der Waals surface area contributed by atoms with Crippen LogP contribution in [0.25, 0.3) is 0 Å². The first-order valence-electron chi connectivity index (χ1n) is 21.4. The zero-order valence-electron chi connectivity index (χ0n) is 34.6. The lowest BCUT2D eigenvalue weighted by Crippen LogP contribution is -2.64. The number of phosphoric acid groups is 1. The lowest BCUT2D eigenvalue weighted by Gasteiger charge is -2.41. The van der Waals surface area contributed by atoms with Crippen LogP contribution >= 0.6 is 7.82 Å². The van der Waals surface area contributed by atoms with Crippen LogP contribution in [0.1, 0.15) is 155 Å². The molecule has 13 nitrogen and oxygen atoms in total. The molecule has 6 unspecified atom stereocenters. The molecule has 1 aliphatic rings. The van der Waals surface area contributed by atoms with Crippen molar-refractivity contribution in [2.24, 2.45) is 0 Å². The van der Waals surface area contributed by atoms with E-state index < -0.39 is 75.7 Å². The normalized spacial score (nSPS) is 23.2. The first kappa shape index (κ1) is 52.8. The molecule has 0 spiro atoms. The average molecular weight is 831 g/mol. The summed E-state index contributed by atoms with van der Waals surface area (Å²) in [7, 11) is -5.12. The van der Waals surface area contributed by atoms with Gasteiger partial charge in [-0.2, -0.15) is 0 Å². The maximum absolute atomic E-state index is 12.8. The fourth-order valence-corrected chi connectivity index (χ4v) is 7.13. The average Bonchev–Trinajstić information content (AvgIpc) is 3.19. The number of allylic oxidation sites excluding steroid dienone is 8. The van der Waals surface area contributed by atoms with E-state index in [1.165, 1.54) is 57.8 Å². The summed E-state index contributed by atoms with van der Waals surface area (Å²) < 4.78 is 33.3. The summed E-state index contributed by atoms with van der Waals surface area (Å²) in [5.41, 5.74) is 0. The van der Waals surface area contributed by atoms with Crippen molar-refractivity contribution < 1.29 is 63.1 Å². The van der Waals surface area contributed by atoms with Crippen LogP contribution in [0.3, 0.4) is 0 Å². The number of carbonyl (C=O) groups excluding carboxylic acids is 2. The van der Waals surface area contributed by atoms with Gasteiger partial charge in [0.25, 0.3) is 0 Å². The third-order valence-corrected chi connectivity index (χ3v) is 10.7. The highest BCUT2D eigenvalue weighted by Gasteiger charge is 2.51. The highest BCUT2D eigenvalue weighted by atomic mass is 31.2. The molecule has 6 N–H and O–H groups in total. The van der Waals surface area contributed by atoms with Crippen molar-refractivity contribution in [1.82, 2.24) is 0 Å². The van der Waals surface area contributed by atoms with Gasteiger partial charge in [-0.1, -0.05) is 140 Å². The summed E-state index contributed by atoms with van der Waals surface area (Å²) in [6, 6.07) is 0. The van der Waals surface area contributed by atoms with E-state index in [2.05, 4.69) is 50.3 Å². The number of esters is 2. The van der Waals surface area contributed by atoms with Crippen LogP contribution in [0.5, 0.6) is 0 Å². The standard InChI is InChI=1S/C43H75O13P/c1-3-5-7-9-11-13-15-16-17-18-19-20-22-23-25-27-29-31-36(44)53-33-35(55-37(45)32-30-28-26-24-21-14-12-10-8-6-4-2)34-54-57(51,52)56-43-41(49)39(47)38(46)40(48)42(43)50/h11,13,16-17,19-20,23,25,35,38-43,46-50H,3-10,12,14-15,18,21-22,24,26-34H2,1-2H3,(H,51,52)/b13-11+,17-16+,20-19+,25-23+/t35-,38?,39-,40?,41?,42?,43?/m0/s1. The monoisotopic (exact) mass is 830 g/mol. The van der Waals surface area contributed by atoms with Crippen LogP contribution in [-0.2, 0) is 32.7 Å². The number of hydrogen-bond donors (Lipinski definition) is 6. The number of carbonyl (C=O) groups is 2. The van der Waals surface area contributed by atoms with Gasteiger partial charge in [0, 0.05) is 12.8 Å². The van der Waals surface area contributed by atoms with Crippen LogP contribution in [0.15, 0.2) is 48.6 Å². The van der Waals surface area contributed by atoms with Gasteiger partial charge < -0.3 is 39.9 Å². The molecule has 1 fully saturated rings.